The monoisotopic (exact) mass is 120 g/mol. The Balaban J connectivity index is 2.49. The summed E-state index contributed by atoms with van der Waals surface area (Å²) in [7, 11) is 0. The second kappa shape index (κ2) is 5.44. The van der Waals surface area contributed by atoms with E-state index in [0.717, 1.165) is 18.6 Å². The van der Waals surface area contributed by atoms with E-state index in [1.807, 2.05) is 0 Å². The molecule has 0 heterocycles. The van der Waals surface area contributed by atoms with Gasteiger partial charge in [0.1, 0.15) is 0 Å². The van der Waals surface area contributed by atoms with Gasteiger partial charge in [-0.15, -0.1) is 0 Å². The fourth-order valence-electron chi connectivity index (χ4n) is 0.175. The molecule has 2 heteroatoms. The highest BCUT2D eigenvalue weighted by molar-refractivity contribution is 7.80. The molecular formula is C4H8S2. The van der Waals surface area contributed by atoms with E-state index in [9.17, 15) is 0 Å². The van der Waals surface area contributed by atoms with Gasteiger partial charge in [-0.3, -0.25) is 0 Å². The van der Waals surface area contributed by atoms with Crippen molar-refractivity contribution >= 4 is 30.2 Å². The first-order chi connectivity index (χ1) is 2.91. The van der Waals surface area contributed by atoms with Crippen LogP contribution in [0.15, 0.2) is 0 Å². The van der Waals surface area contributed by atoms with Crippen LogP contribution in [0.1, 0.15) is 12.8 Å². The number of hydrogen-bond donors (Lipinski definition) is 1. The Bertz CT molecular complexity index is 34.5. The fraction of sp³-hybridized carbons (Fsp3) is 0.750. The zero-order valence-electron chi connectivity index (χ0n) is 3.55. The lowest BCUT2D eigenvalue weighted by Gasteiger charge is -1.80. The van der Waals surface area contributed by atoms with Crippen LogP contribution in [-0.2, 0) is 0 Å². The van der Waals surface area contributed by atoms with Crippen molar-refractivity contribution in [3.63, 3.8) is 0 Å². The minimum Gasteiger partial charge on any atom is -0.179 e. The van der Waals surface area contributed by atoms with Crippen molar-refractivity contribution in [2.24, 2.45) is 0 Å². The Kier molecular flexibility index (Phi) is 5.84. The van der Waals surface area contributed by atoms with Gasteiger partial charge in [-0.1, -0.05) is 12.2 Å². The van der Waals surface area contributed by atoms with Crippen LogP contribution in [0.5, 0.6) is 0 Å². The molecule has 36 valence electrons. The number of thiocarbonyl (C=S) groups is 1. The first-order valence-corrected chi connectivity index (χ1v) is 3.06. The molecule has 0 unspecified atom stereocenters. The maximum absolute atomic E-state index is 4.56. The van der Waals surface area contributed by atoms with Crippen LogP contribution in [0.2, 0.25) is 0 Å². The van der Waals surface area contributed by atoms with E-state index in [-0.39, 0.29) is 0 Å². The molecule has 0 amide bonds. The highest BCUT2D eigenvalue weighted by Crippen LogP contribution is 1.85. The van der Waals surface area contributed by atoms with E-state index in [2.05, 4.69) is 24.8 Å². The van der Waals surface area contributed by atoms with Crippen LogP contribution in [0.25, 0.3) is 0 Å². The molecule has 0 spiro atoms. The fourth-order valence-corrected chi connectivity index (χ4v) is 0.524. The molecule has 0 saturated carbocycles. The van der Waals surface area contributed by atoms with E-state index in [1.165, 1.54) is 0 Å². The number of hydrogen-bond acceptors (Lipinski definition) is 2. The molecule has 0 aromatic rings. The molecule has 0 N–H and O–H groups in total. The van der Waals surface area contributed by atoms with Gasteiger partial charge in [0.2, 0.25) is 0 Å². The van der Waals surface area contributed by atoms with Gasteiger partial charge in [-0.25, -0.2) is 0 Å². The second-order valence-electron chi connectivity index (χ2n) is 1.03. The van der Waals surface area contributed by atoms with E-state index in [1.54, 1.807) is 5.37 Å². The molecule has 0 aliphatic heterocycles. The summed E-state index contributed by atoms with van der Waals surface area (Å²) >= 11 is 8.55. The third kappa shape index (κ3) is 4.44. The minimum absolute atomic E-state index is 0.952. The summed E-state index contributed by atoms with van der Waals surface area (Å²) < 4.78 is 0. The molecular weight excluding hydrogens is 112 g/mol. The van der Waals surface area contributed by atoms with Crippen LogP contribution < -0.4 is 0 Å². The van der Waals surface area contributed by atoms with E-state index in [4.69, 9.17) is 0 Å². The molecule has 0 aliphatic carbocycles. The van der Waals surface area contributed by atoms with Crippen molar-refractivity contribution in [2.45, 2.75) is 12.8 Å². The Morgan fingerprint density at radius 3 is 2.50 bits per heavy atom. The van der Waals surface area contributed by atoms with Crippen LogP contribution >= 0.6 is 24.8 Å². The highest BCUT2D eigenvalue weighted by atomic mass is 32.1. The average Bonchev–Trinajstić information content (AvgIpc) is 1.61. The maximum Gasteiger partial charge on any atom is -0.00947 e. The van der Waals surface area contributed by atoms with E-state index in [0.29, 0.717) is 0 Å². The Hall–Kier alpha value is 0.440. The zero-order chi connectivity index (χ0) is 4.83. The third-order valence-corrected chi connectivity index (χ3v) is 1.03. The SMILES string of the molecule is S=CCCCS. The van der Waals surface area contributed by atoms with Crippen molar-refractivity contribution in [3.8, 4) is 0 Å². The lowest BCUT2D eigenvalue weighted by Crippen LogP contribution is -1.72. The smallest absolute Gasteiger partial charge is 0.00947 e. The van der Waals surface area contributed by atoms with Crippen molar-refractivity contribution in [1.29, 1.82) is 0 Å². The Morgan fingerprint density at radius 1 is 1.67 bits per heavy atom. The van der Waals surface area contributed by atoms with Crippen LogP contribution in [-0.4, -0.2) is 11.1 Å². The second-order valence-corrected chi connectivity index (χ2v) is 1.81. The van der Waals surface area contributed by atoms with Gasteiger partial charge < -0.3 is 0 Å². The Labute approximate surface area is 49.3 Å². The average molecular weight is 120 g/mol. The summed E-state index contributed by atoms with van der Waals surface area (Å²) in [6.45, 7) is 0. The summed E-state index contributed by atoms with van der Waals surface area (Å²) in [4.78, 5) is 0. The summed E-state index contributed by atoms with van der Waals surface area (Å²) in [5.41, 5.74) is 0. The maximum atomic E-state index is 4.56. The molecule has 0 rings (SSSR count). The van der Waals surface area contributed by atoms with Gasteiger partial charge in [0.05, 0.1) is 0 Å². The number of thiol groups is 1. The molecule has 0 atom stereocenters. The number of unbranched alkanes of at least 4 members (excludes halogenated alkanes) is 1. The summed E-state index contributed by atoms with van der Waals surface area (Å²) in [5, 5.41) is 1.75. The predicted octanol–water partition coefficient (Wildman–Crippen LogP) is 1.70. The van der Waals surface area contributed by atoms with Crippen LogP contribution in [0.4, 0.5) is 0 Å². The van der Waals surface area contributed by atoms with Crippen LogP contribution in [0, 0.1) is 0 Å². The topological polar surface area (TPSA) is 0 Å². The largest absolute Gasteiger partial charge is 0.179 e. The van der Waals surface area contributed by atoms with E-state index < -0.39 is 0 Å². The lowest BCUT2D eigenvalue weighted by atomic mass is 10.4. The quantitative estimate of drug-likeness (QED) is 0.336. The van der Waals surface area contributed by atoms with Crippen molar-refractivity contribution in [1.82, 2.24) is 0 Å². The zero-order valence-corrected chi connectivity index (χ0v) is 5.27. The molecule has 0 fully saturated rings. The van der Waals surface area contributed by atoms with Gasteiger partial charge in [0, 0.05) is 0 Å². The summed E-state index contributed by atoms with van der Waals surface area (Å²) in [6, 6.07) is 0. The van der Waals surface area contributed by atoms with Gasteiger partial charge in [-0.2, -0.15) is 12.6 Å². The molecule has 6 heavy (non-hydrogen) atoms. The predicted molar refractivity (Wildman–Crippen MR) is 36.7 cm³/mol. The summed E-state index contributed by atoms with van der Waals surface area (Å²) in [6.07, 6.45) is 2.14. The van der Waals surface area contributed by atoms with Gasteiger partial charge in [-0.05, 0) is 24.0 Å². The van der Waals surface area contributed by atoms with Crippen molar-refractivity contribution in [2.75, 3.05) is 5.75 Å². The normalized spacial score (nSPS) is 8.17. The van der Waals surface area contributed by atoms with Gasteiger partial charge in [0.25, 0.3) is 0 Å². The van der Waals surface area contributed by atoms with Crippen molar-refractivity contribution in [3.05, 3.63) is 0 Å². The molecule has 0 aromatic heterocycles. The van der Waals surface area contributed by atoms with E-state index >= 15 is 0 Å². The molecule has 0 nitrogen and oxygen atoms in total. The lowest BCUT2D eigenvalue weighted by molar-refractivity contribution is 1.04. The standard InChI is InChI=1S/C4H8S2/c5-3-1-2-4-6/h3,6H,1-2,4H2. The molecule has 0 radical (unpaired) electrons. The summed E-state index contributed by atoms with van der Waals surface area (Å²) in [5.74, 6) is 0.952. The minimum atomic E-state index is 0.952. The first-order valence-electron chi connectivity index (χ1n) is 1.96. The van der Waals surface area contributed by atoms with Crippen molar-refractivity contribution < 1.29 is 0 Å². The molecule has 0 aromatic carbocycles. The highest BCUT2D eigenvalue weighted by Gasteiger charge is 1.73. The first kappa shape index (κ1) is 6.44. The molecule has 0 aliphatic rings. The Morgan fingerprint density at radius 2 is 2.33 bits per heavy atom. The van der Waals surface area contributed by atoms with Crippen LogP contribution in [0.3, 0.4) is 0 Å². The molecule has 0 saturated heterocycles. The number of rotatable bonds is 3. The molecule has 0 bridgehead atoms. The third-order valence-electron chi connectivity index (χ3n) is 0.480. The van der Waals surface area contributed by atoms with Gasteiger partial charge >= 0.3 is 0 Å². The van der Waals surface area contributed by atoms with Gasteiger partial charge in [0.15, 0.2) is 0 Å².